The number of nitrogens with one attached hydrogen (secondary N) is 1. The molecule has 0 aliphatic carbocycles. The molecule has 6 heteroatoms. The lowest BCUT2D eigenvalue weighted by Crippen LogP contribution is -2.48. The highest BCUT2D eigenvalue weighted by atomic mass is 16.5. The molecule has 2 N–H and O–H groups in total. The molecule has 0 spiro atoms. The topological polar surface area (TPSA) is 80.7 Å². The third-order valence-electron chi connectivity index (χ3n) is 3.98. The maximum atomic E-state index is 12.4. The van der Waals surface area contributed by atoms with Crippen LogP contribution in [0.4, 0.5) is 0 Å². The second kappa shape index (κ2) is 7.98. The van der Waals surface area contributed by atoms with Crippen molar-refractivity contribution in [2.75, 3.05) is 14.2 Å². The number of hydrogen-bond donors (Lipinski definition) is 2. The molecule has 1 aromatic heterocycles. The minimum atomic E-state index is -0.843. The molecule has 0 aliphatic rings. The monoisotopic (exact) mass is 344 g/mol. The smallest absolute Gasteiger partial charge is 0.224 e. The Bertz CT molecular complexity index is 717. The first-order chi connectivity index (χ1) is 11.9. The van der Waals surface area contributed by atoms with Crippen molar-refractivity contribution in [2.45, 2.75) is 31.9 Å². The van der Waals surface area contributed by atoms with Crippen LogP contribution in [0, 0.1) is 0 Å². The highest BCUT2D eigenvalue weighted by molar-refractivity contribution is 5.79. The molecule has 0 bridgehead atoms. The van der Waals surface area contributed by atoms with Crippen LogP contribution in [0.3, 0.4) is 0 Å². The summed E-state index contributed by atoms with van der Waals surface area (Å²) in [5.74, 6) is 0.995. The van der Waals surface area contributed by atoms with Gasteiger partial charge in [-0.1, -0.05) is 6.07 Å². The van der Waals surface area contributed by atoms with E-state index in [-0.39, 0.29) is 12.3 Å². The number of amides is 1. The second-order valence-electron chi connectivity index (χ2n) is 6.32. The van der Waals surface area contributed by atoms with Crippen molar-refractivity contribution in [3.05, 3.63) is 53.9 Å². The molecule has 2 aromatic rings. The zero-order valence-corrected chi connectivity index (χ0v) is 14.9. The number of aromatic nitrogens is 1. The Kier molecular flexibility index (Phi) is 5.98. The SMILES string of the molecule is COc1ccc(CC(=O)NC(C)(C)[C@@H](O)c2ccncc2)cc1OC. The fourth-order valence-corrected chi connectivity index (χ4v) is 2.61. The lowest BCUT2D eigenvalue weighted by Gasteiger charge is -2.32. The molecule has 1 aromatic carbocycles. The van der Waals surface area contributed by atoms with Crippen LogP contribution >= 0.6 is 0 Å². The molecule has 1 heterocycles. The van der Waals surface area contributed by atoms with Gasteiger partial charge in [-0.3, -0.25) is 9.78 Å². The maximum Gasteiger partial charge on any atom is 0.224 e. The van der Waals surface area contributed by atoms with E-state index in [4.69, 9.17) is 9.47 Å². The molecule has 134 valence electrons. The van der Waals surface area contributed by atoms with E-state index < -0.39 is 11.6 Å². The number of aliphatic hydroxyl groups is 1. The van der Waals surface area contributed by atoms with E-state index in [1.807, 2.05) is 6.07 Å². The third-order valence-corrected chi connectivity index (χ3v) is 3.98. The van der Waals surface area contributed by atoms with Crippen molar-refractivity contribution < 1.29 is 19.4 Å². The van der Waals surface area contributed by atoms with Gasteiger partial charge in [0.05, 0.1) is 26.2 Å². The van der Waals surface area contributed by atoms with Crippen LogP contribution in [-0.4, -0.2) is 35.8 Å². The van der Waals surface area contributed by atoms with Crippen molar-refractivity contribution >= 4 is 5.91 Å². The summed E-state index contributed by atoms with van der Waals surface area (Å²) in [6, 6.07) is 8.80. The van der Waals surface area contributed by atoms with Gasteiger partial charge in [0.25, 0.3) is 0 Å². The van der Waals surface area contributed by atoms with Crippen LogP contribution in [0.1, 0.15) is 31.1 Å². The molecular weight excluding hydrogens is 320 g/mol. The average molecular weight is 344 g/mol. The van der Waals surface area contributed by atoms with E-state index in [0.717, 1.165) is 5.56 Å². The molecule has 1 amide bonds. The molecule has 2 rings (SSSR count). The molecule has 0 aliphatic heterocycles. The lowest BCUT2D eigenvalue weighted by atomic mass is 9.91. The van der Waals surface area contributed by atoms with Crippen molar-refractivity contribution in [2.24, 2.45) is 0 Å². The number of carbonyl (C=O) groups excluding carboxylic acids is 1. The summed E-state index contributed by atoms with van der Waals surface area (Å²) in [6.07, 6.45) is 2.55. The Morgan fingerprint density at radius 3 is 2.40 bits per heavy atom. The first-order valence-corrected chi connectivity index (χ1v) is 7.97. The molecule has 0 fully saturated rings. The Balaban J connectivity index is 2.06. The van der Waals surface area contributed by atoms with E-state index in [0.29, 0.717) is 17.1 Å². The van der Waals surface area contributed by atoms with Gasteiger partial charge in [-0.25, -0.2) is 0 Å². The van der Waals surface area contributed by atoms with Gasteiger partial charge in [0.1, 0.15) is 6.10 Å². The fourth-order valence-electron chi connectivity index (χ4n) is 2.61. The van der Waals surface area contributed by atoms with Gasteiger partial charge in [0.2, 0.25) is 5.91 Å². The largest absolute Gasteiger partial charge is 0.493 e. The molecule has 0 radical (unpaired) electrons. The zero-order valence-electron chi connectivity index (χ0n) is 14.9. The van der Waals surface area contributed by atoms with Crippen LogP contribution < -0.4 is 14.8 Å². The van der Waals surface area contributed by atoms with Gasteiger partial charge >= 0.3 is 0 Å². The molecule has 0 saturated carbocycles. The number of nitrogens with zero attached hydrogens (tertiary/aromatic N) is 1. The maximum absolute atomic E-state index is 12.4. The Morgan fingerprint density at radius 2 is 1.80 bits per heavy atom. The number of aliphatic hydroxyl groups excluding tert-OH is 1. The van der Waals surface area contributed by atoms with Gasteiger partial charge in [-0.05, 0) is 49.2 Å². The van der Waals surface area contributed by atoms with Crippen molar-refractivity contribution in [3.63, 3.8) is 0 Å². The van der Waals surface area contributed by atoms with Gasteiger partial charge in [0.15, 0.2) is 11.5 Å². The molecule has 0 unspecified atom stereocenters. The number of ether oxygens (including phenoxy) is 2. The molecule has 1 atom stereocenters. The first kappa shape index (κ1) is 18.7. The van der Waals surface area contributed by atoms with E-state index in [9.17, 15) is 9.90 Å². The molecule has 6 nitrogen and oxygen atoms in total. The first-order valence-electron chi connectivity index (χ1n) is 7.97. The quantitative estimate of drug-likeness (QED) is 0.805. The summed E-state index contributed by atoms with van der Waals surface area (Å²) in [5, 5.41) is 13.4. The number of carbonyl (C=O) groups is 1. The highest BCUT2D eigenvalue weighted by Gasteiger charge is 2.30. The number of hydrogen-bond acceptors (Lipinski definition) is 5. The fraction of sp³-hybridized carbons (Fsp3) is 0.368. The van der Waals surface area contributed by atoms with E-state index >= 15 is 0 Å². The highest BCUT2D eigenvalue weighted by Crippen LogP contribution is 2.28. The van der Waals surface area contributed by atoms with Crippen LogP contribution in [0.15, 0.2) is 42.7 Å². The Labute approximate surface area is 147 Å². The minimum absolute atomic E-state index is 0.173. The predicted octanol–water partition coefficient (Wildman–Crippen LogP) is 2.27. The minimum Gasteiger partial charge on any atom is -0.493 e. The zero-order chi connectivity index (χ0) is 18.4. The average Bonchev–Trinajstić information content (AvgIpc) is 2.61. The summed E-state index contributed by atoms with van der Waals surface area (Å²) in [5.41, 5.74) is 0.672. The van der Waals surface area contributed by atoms with Crippen molar-refractivity contribution in [1.29, 1.82) is 0 Å². The summed E-state index contributed by atoms with van der Waals surface area (Å²) in [4.78, 5) is 16.3. The summed E-state index contributed by atoms with van der Waals surface area (Å²) >= 11 is 0. The standard InChI is InChI=1S/C19H24N2O4/c1-19(2,18(23)14-7-9-20-10-8-14)21-17(22)12-13-5-6-15(24-3)16(11-13)25-4/h5-11,18,23H,12H2,1-4H3,(H,21,22)/t18-/m0/s1. The lowest BCUT2D eigenvalue weighted by molar-refractivity contribution is -0.123. The van der Waals surface area contributed by atoms with Gasteiger partial charge in [-0.15, -0.1) is 0 Å². The molecule has 25 heavy (non-hydrogen) atoms. The Morgan fingerprint density at radius 1 is 1.16 bits per heavy atom. The summed E-state index contributed by atoms with van der Waals surface area (Å²) in [7, 11) is 3.11. The van der Waals surface area contributed by atoms with E-state index in [2.05, 4.69) is 10.3 Å². The van der Waals surface area contributed by atoms with Crippen molar-refractivity contribution in [1.82, 2.24) is 10.3 Å². The number of rotatable bonds is 7. The number of benzene rings is 1. The van der Waals surface area contributed by atoms with Gasteiger partial charge < -0.3 is 19.9 Å². The number of pyridine rings is 1. The second-order valence-corrected chi connectivity index (χ2v) is 6.32. The van der Waals surface area contributed by atoms with Gasteiger partial charge in [0, 0.05) is 12.4 Å². The van der Waals surface area contributed by atoms with Crippen LogP contribution in [0.5, 0.6) is 11.5 Å². The van der Waals surface area contributed by atoms with E-state index in [1.165, 1.54) is 0 Å². The third kappa shape index (κ3) is 4.70. The van der Waals surface area contributed by atoms with Crippen LogP contribution in [0.25, 0.3) is 0 Å². The molecular formula is C19H24N2O4. The van der Waals surface area contributed by atoms with Crippen LogP contribution in [-0.2, 0) is 11.2 Å². The van der Waals surface area contributed by atoms with Gasteiger partial charge in [-0.2, -0.15) is 0 Å². The normalized spacial score (nSPS) is 12.4. The summed E-state index contributed by atoms with van der Waals surface area (Å²) < 4.78 is 10.4. The van der Waals surface area contributed by atoms with E-state index in [1.54, 1.807) is 64.7 Å². The van der Waals surface area contributed by atoms with Crippen LogP contribution in [0.2, 0.25) is 0 Å². The molecule has 0 saturated heterocycles. The number of methoxy groups -OCH3 is 2. The predicted molar refractivity (Wildman–Crippen MR) is 94.7 cm³/mol. The summed E-state index contributed by atoms with van der Waals surface area (Å²) in [6.45, 7) is 3.56. The van der Waals surface area contributed by atoms with Crippen molar-refractivity contribution in [3.8, 4) is 11.5 Å². The Hall–Kier alpha value is -2.60.